The molecule has 1 unspecified atom stereocenters. The summed E-state index contributed by atoms with van der Waals surface area (Å²) in [6.07, 6.45) is 2.34. The standard InChI is InChI=1S/C16H23N3/c1-5-6-13-7-9-14(10-8-13)16(17-3)15-11-12(2)18-19(15)4/h7-11,16-17H,5-6H2,1-4H3. The molecule has 3 heteroatoms. The fourth-order valence-electron chi connectivity index (χ4n) is 2.55. The van der Waals surface area contributed by atoms with Gasteiger partial charge in [-0.05, 0) is 37.6 Å². The van der Waals surface area contributed by atoms with Gasteiger partial charge in [0.15, 0.2) is 0 Å². The average Bonchev–Trinajstić information content (AvgIpc) is 2.72. The lowest BCUT2D eigenvalue weighted by Gasteiger charge is -2.17. The van der Waals surface area contributed by atoms with Crippen molar-refractivity contribution < 1.29 is 0 Å². The van der Waals surface area contributed by atoms with Crippen LogP contribution in [0.3, 0.4) is 0 Å². The van der Waals surface area contributed by atoms with Crippen LogP contribution >= 0.6 is 0 Å². The fourth-order valence-corrected chi connectivity index (χ4v) is 2.55. The Morgan fingerprint density at radius 3 is 2.42 bits per heavy atom. The van der Waals surface area contributed by atoms with Crippen molar-refractivity contribution in [2.75, 3.05) is 7.05 Å². The van der Waals surface area contributed by atoms with Crippen molar-refractivity contribution in [2.24, 2.45) is 7.05 Å². The molecule has 0 aliphatic carbocycles. The summed E-state index contributed by atoms with van der Waals surface area (Å²) in [5, 5.41) is 7.81. The van der Waals surface area contributed by atoms with Gasteiger partial charge in [-0.3, -0.25) is 4.68 Å². The van der Waals surface area contributed by atoms with Gasteiger partial charge >= 0.3 is 0 Å². The molecule has 2 rings (SSSR count). The molecule has 102 valence electrons. The van der Waals surface area contributed by atoms with Gasteiger partial charge in [-0.15, -0.1) is 0 Å². The number of aromatic nitrogens is 2. The quantitative estimate of drug-likeness (QED) is 0.892. The molecule has 1 N–H and O–H groups in total. The van der Waals surface area contributed by atoms with Gasteiger partial charge in [0.25, 0.3) is 0 Å². The lowest BCUT2D eigenvalue weighted by molar-refractivity contribution is 0.604. The summed E-state index contributed by atoms with van der Waals surface area (Å²) in [4.78, 5) is 0. The van der Waals surface area contributed by atoms with Crippen LogP contribution in [0.25, 0.3) is 0 Å². The van der Waals surface area contributed by atoms with Gasteiger partial charge in [0.05, 0.1) is 17.4 Å². The Bertz CT molecular complexity index is 525. The molecule has 19 heavy (non-hydrogen) atoms. The van der Waals surface area contributed by atoms with Crippen molar-refractivity contribution in [2.45, 2.75) is 32.7 Å². The third-order valence-corrected chi connectivity index (χ3v) is 3.47. The molecular formula is C16H23N3. The van der Waals surface area contributed by atoms with Crippen LogP contribution in [0.15, 0.2) is 30.3 Å². The van der Waals surface area contributed by atoms with E-state index in [4.69, 9.17) is 0 Å². The highest BCUT2D eigenvalue weighted by atomic mass is 15.3. The van der Waals surface area contributed by atoms with Crippen molar-refractivity contribution in [3.63, 3.8) is 0 Å². The second-order valence-corrected chi connectivity index (χ2v) is 5.05. The van der Waals surface area contributed by atoms with Gasteiger partial charge in [-0.25, -0.2) is 0 Å². The first-order chi connectivity index (χ1) is 9.15. The number of nitrogens with one attached hydrogen (secondary N) is 1. The molecule has 1 heterocycles. The predicted octanol–water partition coefficient (Wildman–Crippen LogP) is 2.99. The third kappa shape index (κ3) is 3.04. The van der Waals surface area contributed by atoms with E-state index in [1.54, 1.807) is 0 Å². The van der Waals surface area contributed by atoms with Crippen molar-refractivity contribution in [3.05, 3.63) is 52.8 Å². The minimum atomic E-state index is 0.196. The molecule has 0 aliphatic heterocycles. The molecular weight excluding hydrogens is 234 g/mol. The largest absolute Gasteiger partial charge is 0.308 e. The molecule has 0 saturated carbocycles. The maximum absolute atomic E-state index is 4.43. The number of hydrogen-bond acceptors (Lipinski definition) is 2. The van der Waals surface area contributed by atoms with Crippen LogP contribution < -0.4 is 5.32 Å². The van der Waals surface area contributed by atoms with Crippen LogP contribution in [0.2, 0.25) is 0 Å². The zero-order valence-corrected chi connectivity index (χ0v) is 12.3. The Labute approximate surface area is 115 Å². The lowest BCUT2D eigenvalue weighted by Crippen LogP contribution is -2.20. The van der Waals surface area contributed by atoms with Crippen molar-refractivity contribution in [1.82, 2.24) is 15.1 Å². The highest BCUT2D eigenvalue weighted by Gasteiger charge is 2.16. The Kier molecular flexibility index (Phi) is 4.38. The van der Waals surface area contributed by atoms with Crippen LogP contribution in [0.4, 0.5) is 0 Å². The smallest absolute Gasteiger partial charge is 0.0745 e. The first-order valence-corrected chi connectivity index (χ1v) is 6.92. The maximum atomic E-state index is 4.43. The second kappa shape index (κ2) is 6.02. The van der Waals surface area contributed by atoms with Crippen LogP contribution in [0.5, 0.6) is 0 Å². The summed E-state index contributed by atoms with van der Waals surface area (Å²) in [7, 11) is 3.99. The summed E-state index contributed by atoms with van der Waals surface area (Å²) >= 11 is 0. The van der Waals surface area contributed by atoms with Crippen molar-refractivity contribution in [1.29, 1.82) is 0 Å². The van der Waals surface area contributed by atoms with Crippen LogP contribution in [0, 0.1) is 6.92 Å². The molecule has 0 amide bonds. The summed E-state index contributed by atoms with van der Waals surface area (Å²) in [6.45, 7) is 4.24. The van der Waals surface area contributed by atoms with Gasteiger partial charge in [0.2, 0.25) is 0 Å². The number of benzene rings is 1. The minimum Gasteiger partial charge on any atom is -0.308 e. The molecule has 1 aromatic carbocycles. The van der Waals surface area contributed by atoms with Crippen LogP contribution in [-0.4, -0.2) is 16.8 Å². The summed E-state index contributed by atoms with van der Waals surface area (Å²) in [6, 6.07) is 11.2. The first-order valence-electron chi connectivity index (χ1n) is 6.92. The van der Waals surface area contributed by atoms with E-state index in [1.807, 2.05) is 25.7 Å². The molecule has 0 aliphatic rings. The molecule has 3 nitrogen and oxygen atoms in total. The average molecular weight is 257 g/mol. The Morgan fingerprint density at radius 2 is 1.95 bits per heavy atom. The Morgan fingerprint density at radius 1 is 1.26 bits per heavy atom. The summed E-state index contributed by atoms with van der Waals surface area (Å²) < 4.78 is 1.95. The molecule has 0 saturated heterocycles. The summed E-state index contributed by atoms with van der Waals surface area (Å²) in [5.41, 5.74) is 4.94. The molecule has 2 aromatic rings. The number of rotatable bonds is 5. The van der Waals surface area contributed by atoms with Gasteiger partial charge in [-0.2, -0.15) is 5.10 Å². The van der Waals surface area contributed by atoms with E-state index < -0.39 is 0 Å². The zero-order valence-electron chi connectivity index (χ0n) is 12.3. The van der Waals surface area contributed by atoms with Crippen LogP contribution in [0.1, 0.15) is 41.9 Å². The number of hydrogen-bond donors (Lipinski definition) is 1. The van der Waals surface area contributed by atoms with Crippen molar-refractivity contribution >= 4 is 0 Å². The normalized spacial score (nSPS) is 12.6. The van der Waals surface area contributed by atoms with Gasteiger partial charge in [-0.1, -0.05) is 37.6 Å². The molecule has 0 bridgehead atoms. The van der Waals surface area contributed by atoms with Crippen molar-refractivity contribution in [3.8, 4) is 0 Å². The molecule has 0 spiro atoms. The Balaban J connectivity index is 2.29. The van der Waals surface area contributed by atoms with E-state index in [9.17, 15) is 0 Å². The highest BCUT2D eigenvalue weighted by Crippen LogP contribution is 2.22. The van der Waals surface area contributed by atoms with E-state index >= 15 is 0 Å². The van der Waals surface area contributed by atoms with E-state index in [-0.39, 0.29) is 6.04 Å². The van der Waals surface area contributed by atoms with E-state index in [0.29, 0.717) is 0 Å². The molecule has 0 radical (unpaired) electrons. The molecule has 0 fully saturated rings. The Hall–Kier alpha value is -1.61. The zero-order chi connectivity index (χ0) is 13.8. The second-order valence-electron chi connectivity index (χ2n) is 5.05. The molecule has 1 aromatic heterocycles. The van der Waals surface area contributed by atoms with Gasteiger partial charge < -0.3 is 5.32 Å². The topological polar surface area (TPSA) is 29.9 Å². The predicted molar refractivity (Wildman–Crippen MR) is 79.3 cm³/mol. The van der Waals surface area contributed by atoms with E-state index in [0.717, 1.165) is 12.1 Å². The fraction of sp³-hybridized carbons (Fsp3) is 0.438. The highest BCUT2D eigenvalue weighted by molar-refractivity contribution is 5.31. The minimum absolute atomic E-state index is 0.196. The monoisotopic (exact) mass is 257 g/mol. The molecule has 1 atom stereocenters. The third-order valence-electron chi connectivity index (χ3n) is 3.47. The van der Waals surface area contributed by atoms with Crippen LogP contribution in [-0.2, 0) is 13.5 Å². The summed E-state index contributed by atoms with van der Waals surface area (Å²) in [5.74, 6) is 0. The number of nitrogens with zero attached hydrogens (tertiary/aromatic N) is 2. The lowest BCUT2D eigenvalue weighted by atomic mass is 10.0. The van der Waals surface area contributed by atoms with E-state index in [1.165, 1.54) is 23.2 Å². The number of aryl methyl sites for hydroxylation is 3. The van der Waals surface area contributed by atoms with E-state index in [2.05, 4.69) is 47.7 Å². The maximum Gasteiger partial charge on any atom is 0.0745 e. The first kappa shape index (κ1) is 13.8. The van der Waals surface area contributed by atoms with Gasteiger partial charge in [0.1, 0.15) is 0 Å². The SMILES string of the molecule is CCCc1ccc(C(NC)c2cc(C)nn2C)cc1. The van der Waals surface area contributed by atoms with Gasteiger partial charge in [0, 0.05) is 7.05 Å².